The standard InChI is InChI=1S/C36H39Cl2N3O5S/c1-5-26(4)39-36(43)34(6-2)40(23-31-32(37)13-10-14-33(31)38)35(42)24-41(47(44,45)30-21-15-25(3)16-22-30)27-17-19-29(20-18-27)46-28-11-8-7-9-12-28/h7-22,26,34H,5-6,23-24H2,1-4H3,(H,39,43). The van der Waals surface area contributed by atoms with Crippen molar-refractivity contribution in [2.45, 2.75) is 64.1 Å². The molecule has 0 radical (unpaired) electrons. The number of para-hydroxylation sites is 1. The van der Waals surface area contributed by atoms with E-state index in [4.69, 9.17) is 27.9 Å². The van der Waals surface area contributed by atoms with Gasteiger partial charge in [-0.05, 0) is 87.4 Å². The minimum atomic E-state index is -4.24. The van der Waals surface area contributed by atoms with E-state index in [0.717, 1.165) is 9.87 Å². The van der Waals surface area contributed by atoms with Gasteiger partial charge in [0, 0.05) is 28.2 Å². The molecule has 0 spiro atoms. The van der Waals surface area contributed by atoms with E-state index < -0.39 is 28.5 Å². The SMILES string of the molecule is CCC(C)NC(=O)C(CC)N(Cc1c(Cl)cccc1Cl)C(=O)CN(c1ccc(Oc2ccccc2)cc1)S(=O)(=O)c1ccc(C)cc1. The van der Waals surface area contributed by atoms with E-state index in [-0.39, 0.29) is 35.5 Å². The van der Waals surface area contributed by atoms with Gasteiger partial charge in [-0.2, -0.15) is 0 Å². The summed E-state index contributed by atoms with van der Waals surface area (Å²) in [6, 6.07) is 26.0. The molecule has 0 aromatic heterocycles. The number of hydrogen-bond acceptors (Lipinski definition) is 5. The molecule has 4 aromatic rings. The molecule has 1 N–H and O–H groups in total. The van der Waals surface area contributed by atoms with E-state index in [9.17, 15) is 18.0 Å². The Kier molecular flexibility index (Phi) is 12.3. The molecule has 248 valence electrons. The lowest BCUT2D eigenvalue weighted by atomic mass is 10.1. The van der Waals surface area contributed by atoms with E-state index >= 15 is 0 Å². The molecule has 11 heteroatoms. The van der Waals surface area contributed by atoms with Crippen LogP contribution in [0.3, 0.4) is 0 Å². The summed E-state index contributed by atoms with van der Waals surface area (Å²) in [5.41, 5.74) is 1.58. The topological polar surface area (TPSA) is 96.0 Å². The second-order valence-electron chi connectivity index (χ2n) is 11.2. The number of nitrogens with zero attached hydrogens (tertiary/aromatic N) is 2. The van der Waals surface area contributed by atoms with Crippen molar-refractivity contribution in [3.05, 3.63) is 118 Å². The number of ether oxygens (including phenoxy) is 1. The highest BCUT2D eigenvalue weighted by atomic mass is 35.5. The van der Waals surface area contributed by atoms with Gasteiger partial charge in [0.1, 0.15) is 24.1 Å². The zero-order valence-electron chi connectivity index (χ0n) is 26.8. The average Bonchev–Trinajstić information content (AvgIpc) is 3.05. The van der Waals surface area contributed by atoms with Crippen molar-refractivity contribution < 1.29 is 22.7 Å². The molecule has 2 amide bonds. The maximum atomic E-state index is 14.4. The Balaban J connectivity index is 1.76. The number of nitrogens with one attached hydrogen (secondary N) is 1. The molecular weight excluding hydrogens is 657 g/mol. The summed E-state index contributed by atoms with van der Waals surface area (Å²) in [5, 5.41) is 3.61. The lowest BCUT2D eigenvalue weighted by Gasteiger charge is -2.34. The maximum absolute atomic E-state index is 14.4. The molecular formula is C36H39Cl2N3O5S. The van der Waals surface area contributed by atoms with Crippen LogP contribution in [0.5, 0.6) is 11.5 Å². The molecule has 0 saturated heterocycles. The van der Waals surface area contributed by atoms with Crippen LogP contribution in [0.1, 0.15) is 44.7 Å². The molecule has 0 heterocycles. The summed E-state index contributed by atoms with van der Waals surface area (Å²) < 4.78 is 35.4. The smallest absolute Gasteiger partial charge is 0.264 e. The van der Waals surface area contributed by atoms with Crippen LogP contribution in [0.2, 0.25) is 10.0 Å². The molecule has 0 fully saturated rings. The molecule has 8 nitrogen and oxygen atoms in total. The number of aryl methyl sites for hydroxylation is 1. The third kappa shape index (κ3) is 9.06. The second kappa shape index (κ2) is 16.2. The van der Waals surface area contributed by atoms with Crippen molar-refractivity contribution in [1.29, 1.82) is 0 Å². The minimum absolute atomic E-state index is 0.0164. The Bertz CT molecular complexity index is 1750. The summed E-state index contributed by atoms with van der Waals surface area (Å²) >= 11 is 13.0. The first-order valence-electron chi connectivity index (χ1n) is 15.4. The Labute approximate surface area is 287 Å². The van der Waals surface area contributed by atoms with E-state index in [0.29, 0.717) is 33.5 Å². The van der Waals surface area contributed by atoms with Gasteiger partial charge in [-0.15, -0.1) is 0 Å². The average molecular weight is 697 g/mol. The number of carbonyl (C=O) groups is 2. The lowest BCUT2D eigenvalue weighted by molar-refractivity contribution is -0.140. The maximum Gasteiger partial charge on any atom is 0.264 e. The number of hydrogen-bond donors (Lipinski definition) is 1. The van der Waals surface area contributed by atoms with Crippen LogP contribution >= 0.6 is 23.2 Å². The fourth-order valence-electron chi connectivity index (χ4n) is 4.89. The van der Waals surface area contributed by atoms with Crippen molar-refractivity contribution in [3.63, 3.8) is 0 Å². The van der Waals surface area contributed by atoms with Crippen LogP contribution in [0.15, 0.2) is 102 Å². The van der Waals surface area contributed by atoms with Crippen molar-refractivity contribution in [1.82, 2.24) is 10.2 Å². The molecule has 47 heavy (non-hydrogen) atoms. The Morgan fingerprint density at radius 1 is 0.809 bits per heavy atom. The van der Waals surface area contributed by atoms with Crippen LogP contribution < -0.4 is 14.4 Å². The first-order chi connectivity index (χ1) is 22.4. The highest BCUT2D eigenvalue weighted by Crippen LogP contribution is 2.30. The Morgan fingerprint density at radius 3 is 1.98 bits per heavy atom. The largest absolute Gasteiger partial charge is 0.457 e. The minimum Gasteiger partial charge on any atom is -0.457 e. The van der Waals surface area contributed by atoms with Crippen molar-refractivity contribution in [3.8, 4) is 11.5 Å². The third-order valence-electron chi connectivity index (χ3n) is 7.77. The second-order valence-corrected chi connectivity index (χ2v) is 13.9. The summed E-state index contributed by atoms with van der Waals surface area (Å²) in [6.07, 6.45) is 0.964. The Hall–Kier alpha value is -4.05. The van der Waals surface area contributed by atoms with Crippen molar-refractivity contribution in [2.75, 3.05) is 10.8 Å². The van der Waals surface area contributed by atoms with Crippen molar-refractivity contribution in [2.24, 2.45) is 0 Å². The predicted molar refractivity (Wildman–Crippen MR) is 188 cm³/mol. The first-order valence-corrected chi connectivity index (χ1v) is 17.6. The molecule has 0 aliphatic carbocycles. The molecule has 2 atom stereocenters. The van der Waals surface area contributed by atoms with E-state index in [2.05, 4.69) is 5.32 Å². The number of halogens is 2. The summed E-state index contributed by atoms with van der Waals surface area (Å²) in [4.78, 5) is 29.3. The number of sulfonamides is 1. The normalized spacial score (nSPS) is 12.6. The van der Waals surface area contributed by atoms with Crippen LogP contribution in [0, 0.1) is 6.92 Å². The van der Waals surface area contributed by atoms with Crippen LogP contribution in [0.4, 0.5) is 5.69 Å². The molecule has 0 aliphatic heterocycles. The fraction of sp³-hybridized carbons (Fsp3) is 0.278. The monoisotopic (exact) mass is 695 g/mol. The number of amides is 2. The summed E-state index contributed by atoms with van der Waals surface area (Å²) in [7, 11) is -4.24. The van der Waals surface area contributed by atoms with Gasteiger partial charge < -0.3 is 15.0 Å². The van der Waals surface area contributed by atoms with Crippen LogP contribution in [-0.2, 0) is 26.2 Å². The highest BCUT2D eigenvalue weighted by Gasteiger charge is 2.34. The van der Waals surface area contributed by atoms with Gasteiger partial charge in [0.05, 0.1) is 10.6 Å². The van der Waals surface area contributed by atoms with Gasteiger partial charge in [0.25, 0.3) is 10.0 Å². The van der Waals surface area contributed by atoms with E-state index in [1.165, 1.54) is 17.0 Å². The van der Waals surface area contributed by atoms with E-state index in [1.54, 1.807) is 61.5 Å². The fourth-order valence-corrected chi connectivity index (χ4v) is 6.82. The molecule has 4 aromatic carbocycles. The van der Waals surface area contributed by atoms with Gasteiger partial charge in [-0.3, -0.25) is 13.9 Å². The zero-order valence-corrected chi connectivity index (χ0v) is 29.1. The van der Waals surface area contributed by atoms with Gasteiger partial charge in [-0.1, -0.05) is 79.0 Å². The number of rotatable bonds is 14. The first kappa shape index (κ1) is 35.8. The van der Waals surface area contributed by atoms with Gasteiger partial charge >= 0.3 is 0 Å². The van der Waals surface area contributed by atoms with Crippen LogP contribution in [0.25, 0.3) is 0 Å². The predicted octanol–water partition coefficient (Wildman–Crippen LogP) is 8.01. The number of carbonyl (C=O) groups excluding carboxylic acids is 2. The number of anilines is 1. The van der Waals surface area contributed by atoms with Gasteiger partial charge in [0.2, 0.25) is 11.8 Å². The lowest BCUT2D eigenvalue weighted by Crippen LogP contribution is -2.53. The molecule has 0 aliphatic rings. The van der Waals surface area contributed by atoms with Gasteiger partial charge in [-0.25, -0.2) is 8.42 Å². The van der Waals surface area contributed by atoms with E-state index in [1.807, 2.05) is 51.1 Å². The third-order valence-corrected chi connectivity index (χ3v) is 10.3. The summed E-state index contributed by atoms with van der Waals surface area (Å²) in [5.74, 6) is 0.151. The van der Waals surface area contributed by atoms with Crippen LogP contribution in [-0.4, -0.2) is 43.8 Å². The quantitative estimate of drug-likeness (QED) is 0.144. The molecule has 2 unspecified atom stereocenters. The molecule has 4 rings (SSSR count). The number of benzene rings is 4. The highest BCUT2D eigenvalue weighted by molar-refractivity contribution is 7.92. The molecule has 0 saturated carbocycles. The summed E-state index contributed by atoms with van der Waals surface area (Å²) in [6.45, 7) is 6.78. The zero-order chi connectivity index (χ0) is 34.1. The Morgan fingerprint density at radius 2 is 1.40 bits per heavy atom. The van der Waals surface area contributed by atoms with Crippen molar-refractivity contribution >= 4 is 50.7 Å². The van der Waals surface area contributed by atoms with Gasteiger partial charge in [0.15, 0.2) is 0 Å². The molecule has 0 bridgehead atoms.